The molecular weight excluding hydrogens is 374 g/mol. The number of allylic oxidation sites excluding steroid dienone is 10. The summed E-state index contributed by atoms with van der Waals surface area (Å²) in [4.78, 5) is 0. The van der Waals surface area contributed by atoms with E-state index in [9.17, 15) is 0 Å². The minimum absolute atomic E-state index is 0.847. The van der Waals surface area contributed by atoms with E-state index in [1.807, 2.05) is 0 Å². The molecule has 1 N–H and O–H groups in total. The van der Waals surface area contributed by atoms with Crippen molar-refractivity contribution in [2.75, 3.05) is 6.54 Å². The van der Waals surface area contributed by atoms with E-state index < -0.39 is 0 Å². The molecule has 176 valence electrons. The Morgan fingerprint density at radius 1 is 0.581 bits per heavy atom. The van der Waals surface area contributed by atoms with Crippen LogP contribution in [0.25, 0.3) is 0 Å². The van der Waals surface area contributed by atoms with Crippen LogP contribution in [-0.2, 0) is 0 Å². The first-order chi connectivity index (χ1) is 14.9. The molecule has 1 nitrogen and oxygen atoms in total. The monoisotopic (exact) mass is 425 g/mol. The maximum Gasteiger partial charge on any atom is 0.00682 e. The molecule has 1 fully saturated rings. The highest BCUT2D eigenvalue weighted by atomic mass is 14.9. The second-order valence-electron chi connectivity index (χ2n) is 10.0. The van der Waals surface area contributed by atoms with Crippen LogP contribution in [0, 0.1) is 0 Å². The Bertz CT molecular complexity index is 633. The fourth-order valence-corrected chi connectivity index (χ4v) is 3.71. The van der Waals surface area contributed by atoms with Gasteiger partial charge in [0.05, 0.1) is 0 Å². The van der Waals surface area contributed by atoms with Crippen molar-refractivity contribution < 1.29 is 0 Å². The predicted molar refractivity (Wildman–Crippen MR) is 142 cm³/mol. The summed E-state index contributed by atoms with van der Waals surface area (Å²) in [7, 11) is 0. The highest BCUT2D eigenvalue weighted by Gasteiger charge is 2.19. The van der Waals surface area contributed by atoms with Gasteiger partial charge in [0, 0.05) is 6.04 Å². The van der Waals surface area contributed by atoms with Gasteiger partial charge in [-0.1, -0.05) is 58.2 Å². The SMILES string of the molecule is CC(C)=CCC/C(C)=C/CC/C(C)=C/CC/C=C(\C)CC/C=C(\C)CCCNC1CC1. The average Bonchev–Trinajstić information content (AvgIpc) is 3.53. The fourth-order valence-electron chi connectivity index (χ4n) is 3.71. The van der Waals surface area contributed by atoms with Gasteiger partial charge in [-0.15, -0.1) is 0 Å². The molecular formula is C30H51N. The van der Waals surface area contributed by atoms with E-state index in [0.717, 1.165) is 6.04 Å². The van der Waals surface area contributed by atoms with Crippen LogP contribution in [0.1, 0.15) is 119 Å². The zero-order valence-corrected chi connectivity index (χ0v) is 21.7. The lowest BCUT2D eigenvalue weighted by Crippen LogP contribution is -2.17. The van der Waals surface area contributed by atoms with Crippen molar-refractivity contribution in [2.24, 2.45) is 0 Å². The largest absolute Gasteiger partial charge is 0.314 e. The van der Waals surface area contributed by atoms with Crippen LogP contribution in [0.15, 0.2) is 58.2 Å². The van der Waals surface area contributed by atoms with Gasteiger partial charge in [-0.3, -0.25) is 0 Å². The first-order valence-corrected chi connectivity index (χ1v) is 12.9. The Kier molecular flexibility index (Phi) is 15.4. The Morgan fingerprint density at radius 3 is 1.45 bits per heavy atom. The molecule has 31 heavy (non-hydrogen) atoms. The number of nitrogens with one attached hydrogen (secondary N) is 1. The fraction of sp³-hybridized carbons (Fsp3) is 0.667. The molecule has 1 aliphatic rings. The molecule has 0 unspecified atom stereocenters. The summed E-state index contributed by atoms with van der Waals surface area (Å²) in [6.45, 7) is 14.7. The van der Waals surface area contributed by atoms with Gasteiger partial charge in [-0.05, 0) is 125 Å². The Labute approximate surface area is 194 Å². The molecule has 0 bridgehead atoms. The molecule has 1 aliphatic carbocycles. The lowest BCUT2D eigenvalue weighted by atomic mass is 10.0. The molecule has 0 spiro atoms. The lowest BCUT2D eigenvalue weighted by molar-refractivity contribution is 0.643. The van der Waals surface area contributed by atoms with Gasteiger partial charge in [-0.25, -0.2) is 0 Å². The number of rotatable bonds is 17. The lowest BCUT2D eigenvalue weighted by Gasteiger charge is -2.04. The third-order valence-electron chi connectivity index (χ3n) is 6.06. The summed E-state index contributed by atoms with van der Waals surface area (Å²) in [6.07, 6.45) is 26.9. The van der Waals surface area contributed by atoms with E-state index in [0.29, 0.717) is 0 Å². The molecule has 0 aromatic rings. The zero-order chi connectivity index (χ0) is 22.9. The number of unbranched alkanes of at least 4 members (excludes halogenated alkanes) is 1. The third-order valence-corrected chi connectivity index (χ3v) is 6.06. The highest BCUT2D eigenvalue weighted by molar-refractivity contribution is 5.07. The predicted octanol–water partition coefficient (Wildman–Crippen LogP) is 9.39. The zero-order valence-electron chi connectivity index (χ0n) is 21.7. The molecule has 0 heterocycles. The molecule has 0 radical (unpaired) electrons. The van der Waals surface area contributed by atoms with Gasteiger partial charge in [0.2, 0.25) is 0 Å². The van der Waals surface area contributed by atoms with Crippen molar-refractivity contribution >= 4 is 0 Å². The minimum atomic E-state index is 0.847. The van der Waals surface area contributed by atoms with E-state index in [1.165, 1.54) is 100 Å². The molecule has 1 rings (SSSR count). The Balaban J connectivity index is 2.11. The van der Waals surface area contributed by atoms with Gasteiger partial charge in [0.1, 0.15) is 0 Å². The van der Waals surface area contributed by atoms with Gasteiger partial charge in [0.25, 0.3) is 0 Å². The third kappa shape index (κ3) is 18.0. The second-order valence-corrected chi connectivity index (χ2v) is 10.0. The van der Waals surface area contributed by atoms with E-state index in [-0.39, 0.29) is 0 Å². The van der Waals surface area contributed by atoms with Crippen LogP contribution < -0.4 is 5.32 Å². The maximum atomic E-state index is 3.60. The van der Waals surface area contributed by atoms with Crippen LogP contribution in [0.5, 0.6) is 0 Å². The highest BCUT2D eigenvalue weighted by Crippen LogP contribution is 2.19. The van der Waals surface area contributed by atoms with Crippen molar-refractivity contribution in [3.63, 3.8) is 0 Å². The smallest absolute Gasteiger partial charge is 0.00682 e. The van der Waals surface area contributed by atoms with E-state index >= 15 is 0 Å². The summed E-state index contributed by atoms with van der Waals surface area (Å²) < 4.78 is 0. The van der Waals surface area contributed by atoms with Gasteiger partial charge in [-0.2, -0.15) is 0 Å². The van der Waals surface area contributed by atoms with Crippen LogP contribution >= 0.6 is 0 Å². The van der Waals surface area contributed by atoms with Crippen LogP contribution in [-0.4, -0.2) is 12.6 Å². The summed E-state index contributed by atoms with van der Waals surface area (Å²) in [6, 6.07) is 0.847. The number of hydrogen-bond acceptors (Lipinski definition) is 1. The molecule has 0 amide bonds. The molecule has 1 saturated carbocycles. The van der Waals surface area contributed by atoms with E-state index in [1.54, 1.807) is 11.1 Å². The van der Waals surface area contributed by atoms with Crippen LogP contribution in [0.4, 0.5) is 0 Å². The Hall–Kier alpha value is -1.34. The normalized spacial score (nSPS) is 16.1. The van der Waals surface area contributed by atoms with E-state index in [4.69, 9.17) is 0 Å². The van der Waals surface area contributed by atoms with Gasteiger partial charge in [0.15, 0.2) is 0 Å². The van der Waals surface area contributed by atoms with Crippen molar-refractivity contribution in [3.05, 3.63) is 58.2 Å². The second kappa shape index (κ2) is 17.2. The summed E-state index contributed by atoms with van der Waals surface area (Å²) in [5, 5.41) is 3.60. The molecule has 0 aliphatic heterocycles. The molecule has 1 heteroatoms. The van der Waals surface area contributed by atoms with Gasteiger partial charge >= 0.3 is 0 Å². The van der Waals surface area contributed by atoms with Crippen LogP contribution in [0.3, 0.4) is 0 Å². The summed E-state index contributed by atoms with van der Waals surface area (Å²) in [5.74, 6) is 0. The summed E-state index contributed by atoms with van der Waals surface area (Å²) in [5.41, 5.74) is 7.59. The van der Waals surface area contributed by atoms with Crippen molar-refractivity contribution in [2.45, 2.75) is 125 Å². The standard InChI is InChI=1S/C30H51N/c1-25(2)13-9-16-28(5)19-10-17-26(3)14-7-8-15-27(4)18-11-20-29(6)21-12-24-31-30-22-23-30/h13-15,19-20,30-31H,7-12,16-18,21-24H2,1-6H3/b26-14+,27-15+,28-19+,29-20+. The van der Waals surface area contributed by atoms with Crippen molar-refractivity contribution in [1.82, 2.24) is 5.32 Å². The number of hydrogen-bond donors (Lipinski definition) is 1. The quantitative estimate of drug-likeness (QED) is 0.181. The first kappa shape index (κ1) is 27.7. The topological polar surface area (TPSA) is 12.0 Å². The van der Waals surface area contributed by atoms with Crippen molar-refractivity contribution in [3.8, 4) is 0 Å². The average molecular weight is 426 g/mol. The molecule has 0 atom stereocenters. The first-order valence-electron chi connectivity index (χ1n) is 12.9. The molecule has 0 saturated heterocycles. The minimum Gasteiger partial charge on any atom is -0.314 e. The van der Waals surface area contributed by atoms with E-state index in [2.05, 4.69) is 77.2 Å². The van der Waals surface area contributed by atoms with Gasteiger partial charge < -0.3 is 5.32 Å². The molecule has 0 aromatic heterocycles. The van der Waals surface area contributed by atoms with Crippen LogP contribution in [0.2, 0.25) is 0 Å². The summed E-state index contributed by atoms with van der Waals surface area (Å²) >= 11 is 0. The maximum absolute atomic E-state index is 3.60. The molecule has 0 aromatic carbocycles. The Morgan fingerprint density at radius 2 is 1.00 bits per heavy atom. The van der Waals surface area contributed by atoms with Crippen molar-refractivity contribution in [1.29, 1.82) is 0 Å².